The van der Waals surface area contributed by atoms with Gasteiger partial charge >= 0.3 is 41.5 Å². The zero-order chi connectivity index (χ0) is 19.1. The number of carbonyl (C=O) groups excluding carboxylic acids is 2. The van der Waals surface area contributed by atoms with Crippen LogP contribution in [0, 0.1) is 0 Å². The average Bonchev–Trinajstić information content (AvgIpc) is 2.53. The molecule has 0 N–H and O–H groups in total. The van der Waals surface area contributed by atoms with Crippen molar-refractivity contribution in [1.29, 1.82) is 0 Å². The third kappa shape index (κ3) is 16.1. The maximum absolute atomic E-state index is 11.7. The smallest absolute Gasteiger partial charge is 0.748 e. The molecule has 0 saturated heterocycles. The van der Waals surface area contributed by atoms with Gasteiger partial charge in [0.1, 0.15) is 0 Å². The van der Waals surface area contributed by atoms with E-state index in [0.717, 1.165) is 38.5 Å². The molecule has 0 rings (SSSR count). The van der Waals surface area contributed by atoms with E-state index >= 15 is 0 Å². The Balaban J connectivity index is 0. The van der Waals surface area contributed by atoms with Gasteiger partial charge in [0.15, 0.2) is 0 Å². The van der Waals surface area contributed by atoms with E-state index in [0.29, 0.717) is 12.8 Å². The molecule has 26 heavy (non-hydrogen) atoms. The molecular formula is C17H31NaO7S. The van der Waals surface area contributed by atoms with Crippen LogP contribution in [0.4, 0.5) is 0 Å². The summed E-state index contributed by atoms with van der Waals surface area (Å²) in [6.45, 7) is 4.48. The van der Waals surface area contributed by atoms with Crippen LogP contribution in [-0.4, -0.2) is 43.4 Å². The summed E-state index contributed by atoms with van der Waals surface area (Å²) in [5, 5.41) is -1.64. The van der Waals surface area contributed by atoms with Crippen LogP contribution in [0.2, 0.25) is 0 Å². The van der Waals surface area contributed by atoms with Crippen LogP contribution in [0.5, 0.6) is 0 Å². The first-order chi connectivity index (χ1) is 11.8. The van der Waals surface area contributed by atoms with Gasteiger partial charge in [-0.1, -0.05) is 52.4 Å². The van der Waals surface area contributed by atoms with E-state index in [4.69, 9.17) is 9.47 Å². The number of esters is 2. The van der Waals surface area contributed by atoms with Crippen molar-refractivity contribution in [2.75, 3.05) is 13.2 Å². The van der Waals surface area contributed by atoms with E-state index in [-0.39, 0.29) is 42.8 Å². The summed E-state index contributed by atoms with van der Waals surface area (Å²) in [5.41, 5.74) is 0. The average molecular weight is 402 g/mol. The summed E-state index contributed by atoms with van der Waals surface area (Å²) in [6, 6.07) is 0. The summed E-state index contributed by atoms with van der Waals surface area (Å²) >= 11 is 0. The Morgan fingerprint density at radius 2 is 1.19 bits per heavy atom. The predicted octanol–water partition coefficient (Wildman–Crippen LogP) is -0.0686. The number of hydrogen-bond acceptors (Lipinski definition) is 7. The van der Waals surface area contributed by atoms with Crippen molar-refractivity contribution in [3.05, 3.63) is 0 Å². The Bertz CT molecular complexity index is 452. The van der Waals surface area contributed by atoms with Crippen molar-refractivity contribution in [2.45, 2.75) is 83.3 Å². The zero-order valence-corrected chi connectivity index (χ0v) is 19.1. The van der Waals surface area contributed by atoms with E-state index < -0.39 is 40.1 Å². The summed E-state index contributed by atoms with van der Waals surface area (Å²) < 4.78 is 43.6. The normalized spacial score (nSPS) is 11.1. The first-order valence-electron chi connectivity index (χ1n) is 9.07. The fraction of sp³-hybridized carbons (Fsp3) is 0.882. The molecule has 9 heteroatoms. The Morgan fingerprint density at radius 1 is 0.808 bits per heavy atom. The minimum atomic E-state index is -4.79. The Kier molecular flexibility index (Phi) is 18.3. The second kappa shape index (κ2) is 17.0. The topological polar surface area (TPSA) is 110 Å². The Labute approximate surface area is 179 Å². The molecule has 0 aliphatic rings. The first kappa shape index (κ1) is 28.1. The van der Waals surface area contributed by atoms with Crippen molar-refractivity contribution in [1.82, 2.24) is 0 Å². The third-order valence-electron chi connectivity index (χ3n) is 3.72. The molecule has 0 bridgehead atoms. The van der Waals surface area contributed by atoms with Crippen LogP contribution in [0.15, 0.2) is 0 Å². The standard InChI is InChI=1S/C17H32O7S.Na/c1-3-5-7-9-11-23-16(18)13-15(25(20,21)22)14-17(19)24-12-10-8-6-4-2;/h15H,3-14H2,1-2H3,(H,20,21,22);/q;+1/p-1. The van der Waals surface area contributed by atoms with E-state index in [2.05, 4.69) is 13.8 Å². The number of unbranched alkanes of at least 4 members (excludes halogenated alkanes) is 6. The number of hydrogen-bond donors (Lipinski definition) is 0. The van der Waals surface area contributed by atoms with Gasteiger partial charge in [-0.3, -0.25) is 9.59 Å². The third-order valence-corrected chi connectivity index (χ3v) is 4.87. The maximum Gasteiger partial charge on any atom is 1.00 e. The molecule has 0 saturated carbocycles. The Morgan fingerprint density at radius 3 is 1.50 bits per heavy atom. The van der Waals surface area contributed by atoms with Gasteiger partial charge in [0.25, 0.3) is 0 Å². The number of ether oxygens (including phenoxy) is 2. The van der Waals surface area contributed by atoms with Crippen LogP contribution >= 0.6 is 0 Å². The van der Waals surface area contributed by atoms with Gasteiger partial charge in [-0.15, -0.1) is 0 Å². The number of rotatable bonds is 15. The van der Waals surface area contributed by atoms with E-state index in [1.807, 2.05) is 0 Å². The van der Waals surface area contributed by atoms with Crippen molar-refractivity contribution >= 4 is 22.1 Å². The number of carbonyl (C=O) groups is 2. The largest absolute Gasteiger partial charge is 1.00 e. The van der Waals surface area contributed by atoms with Crippen LogP contribution in [-0.2, 0) is 29.2 Å². The van der Waals surface area contributed by atoms with Gasteiger partial charge in [0.2, 0.25) is 0 Å². The molecule has 0 fully saturated rings. The maximum atomic E-state index is 11.7. The molecule has 0 spiro atoms. The van der Waals surface area contributed by atoms with Crippen molar-refractivity contribution in [3.8, 4) is 0 Å². The van der Waals surface area contributed by atoms with Crippen LogP contribution in [0.25, 0.3) is 0 Å². The molecule has 0 atom stereocenters. The minimum Gasteiger partial charge on any atom is -0.748 e. The van der Waals surface area contributed by atoms with Crippen molar-refractivity contribution in [3.63, 3.8) is 0 Å². The summed E-state index contributed by atoms with van der Waals surface area (Å²) in [7, 11) is -4.79. The van der Waals surface area contributed by atoms with Crippen LogP contribution < -0.4 is 29.6 Å². The molecule has 0 heterocycles. The minimum absolute atomic E-state index is 0. The van der Waals surface area contributed by atoms with Gasteiger partial charge in [0, 0.05) is 0 Å². The molecule has 0 aromatic carbocycles. The summed E-state index contributed by atoms with van der Waals surface area (Å²) in [5.74, 6) is -1.56. The molecular weight excluding hydrogens is 371 g/mol. The van der Waals surface area contributed by atoms with Crippen LogP contribution in [0.1, 0.15) is 78.1 Å². The molecule has 7 nitrogen and oxygen atoms in total. The molecule has 0 aromatic heterocycles. The summed E-state index contributed by atoms with van der Waals surface area (Å²) in [4.78, 5) is 23.3. The van der Waals surface area contributed by atoms with Gasteiger partial charge < -0.3 is 14.0 Å². The quantitative estimate of drug-likeness (QED) is 0.163. The van der Waals surface area contributed by atoms with E-state index in [9.17, 15) is 22.6 Å². The molecule has 0 amide bonds. The second-order valence-electron chi connectivity index (χ2n) is 6.09. The van der Waals surface area contributed by atoms with Crippen molar-refractivity contribution in [2.24, 2.45) is 0 Å². The fourth-order valence-corrected chi connectivity index (χ4v) is 2.88. The van der Waals surface area contributed by atoms with Crippen molar-refractivity contribution < 1.29 is 61.6 Å². The monoisotopic (exact) mass is 402 g/mol. The Hall–Kier alpha value is -0.150. The molecule has 0 aliphatic carbocycles. The van der Waals surface area contributed by atoms with Crippen LogP contribution in [0.3, 0.4) is 0 Å². The SMILES string of the molecule is CCCCCCOC(=O)CC(CC(=O)OCCCCCC)S(=O)(=O)[O-].[Na+]. The molecule has 0 aliphatic heterocycles. The fourth-order valence-electron chi connectivity index (χ4n) is 2.20. The molecule has 0 radical (unpaired) electrons. The first-order valence-corrected chi connectivity index (χ1v) is 10.5. The van der Waals surface area contributed by atoms with Gasteiger partial charge in [-0.2, -0.15) is 0 Å². The van der Waals surface area contributed by atoms with Gasteiger partial charge in [-0.05, 0) is 12.8 Å². The molecule has 0 aromatic rings. The zero-order valence-electron chi connectivity index (χ0n) is 16.3. The van der Waals surface area contributed by atoms with Gasteiger partial charge in [0.05, 0.1) is 41.4 Å². The molecule has 0 unspecified atom stereocenters. The van der Waals surface area contributed by atoms with Gasteiger partial charge in [-0.25, -0.2) is 8.42 Å². The summed E-state index contributed by atoms with van der Waals surface area (Å²) in [6.07, 6.45) is 6.11. The molecule has 148 valence electrons. The van der Waals surface area contributed by atoms with E-state index in [1.54, 1.807) is 0 Å². The second-order valence-corrected chi connectivity index (χ2v) is 7.74. The van der Waals surface area contributed by atoms with E-state index in [1.165, 1.54) is 0 Å². The predicted molar refractivity (Wildman–Crippen MR) is 92.9 cm³/mol.